The summed E-state index contributed by atoms with van der Waals surface area (Å²) in [6.07, 6.45) is 0. The molecular weight excluding hydrogens is 631 g/mol. The van der Waals surface area contributed by atoms with Crippen LogP contribution in [-0.2, 0) is 5.41 Å². The Morgan fingerprint density at radius 2 is 0.962 bits per heavy atom. The first-order chi connectivity index (χ1) is 25.5. The predicted molar refractivity (Wildman–Crippen MR) is 218 cm³/mol. The molecule has 2 aromatic heterocycles. The number of fused-ring (bicyclic) bond motifs is 12. The van der Waals surface area contributed by atoms with E-state index in [2.05, 4.69) is 178 Å². The van der Waals surface area contributed by atoms with Crippen LogP contribution in [0.15, 0.2) is 168 Å². The molecule has 11 rings (SSSR count). The minimum atomic E-state index is -0.0414. The van der Waals surface area contributed by atoms with E-state index in [0.29, 0.717) is 5.71 Å². The average molecular weight is 664 g/mol. The van der Waals surface area contributed by atoms with E-state index >= 15 is 0 Å². The van der Waals surface area contributed by atoms with E-state index in [0.717, 1.165) is 38.7 Å². The standard InChI is InChI=1S/C50H33NO/c1-50(2)45-20-8-7-17-40(45)41-24-21-31(29-46(41)50)30-11-9-12-32(27-30)34-18-10-19-42-43-25-26-47(51-49(43)52-48(34)42)33-22-23-39-37-15-4-3-13-35(37)36-14-5-6-16-38(36)44(39)28-33/h3-29H,1-2H3. The zero-order valence-corrected chi connectivity index (χ0v) is 28.9. The van der Waals surface area contributed by atoms with Gasteiger partial charge in [0, 0.05) is 27.3 Å². The molecule has 2 heterocycles. The van der Waals surface area contributed by atoms with Gasteiger partial charge >= 0.3 is 0 Å². The summed E-state index contributed by atoms with van der Waals surface area (Å²) in [7, 11) is 0. The molecule has 0 spiro atoms. The van der Waals surface area contributed by atoms with Gasteiger partial charge in [-0.25, -0.2) is 4.98 Å². The molecule has 2 heteroatoms. The van der Waals surface area contributed by atoms with Crippen molar-refractivity contribution in [2.45, 2.75) is 19.3 Å². The number of hydrogen-bond donors (Lipinski definition) is 0. The van der Waals surface area contributed by atoms with Crippen molar-refractivity contribution in [3.05, 3.63) is 175 Å². The van der Waals surface area contributed by atoms with Crippen molar-refractivity contribution in [1.82, 2.24) is 4.98 Å². The van der Waals surface area contributed by atoms with Gasteiger partial charge in [0.25, 0.3) is 0 Å². The zero-order chi connectivity index (χ0) is 34.6. The first-order valence-electron chi connectivity index (χ1n) is 18.0. The number of benzene rings is 8. The summed E-state index contributed by atoms with van der Waals surface area (Å²) in [6.45, 7) is 4.67. The number of aromatic nitrogens is 1. The largest absolute Gasteiger partial charge is 0.437 e. The first-order valence-corrected chi connectivity index (χ1v) is 18.0. The van der Waals surface area contributed by atoms with Gasteiger partial charge in [-0.1, -0.05) is 147 Å². The van der Waals surface area contributed by atoms with Crippen molar-refractivity contribution < 1.29 is 4.42 Å². The first kappa shape index (κ1) is 29.2. The van der Waals surface area contributed by atoms with Gasteiger partial charge in [-0.3, -0.25) is 0 Å². The third-order valence-electron chi connectivity index (χ3n) is 11.5. The fourth-order valence-corrected chi connectivity index (χ4v) is 8.88. The summed E-state index contributed by atoms with van der Waals surface area (Å²) in [5.74, 6) is 0. The summed E-state index contributed by atoms with van der Waals surface area (Å²) >= 11 is 0. The minimum absolute atomic E-state index is 0.0414. The van der Waals surface area contributed by atoms with E-state index in [4.69, 9.17) is 9.40 Å². The lowest BCUT2D eigenvalue weighted by Crippen LogP contribution is -2.14. The maximum atomic E-state index is 6.67. The van der Waals surface area contributed by atoms with Gasteiger partial charge in [-0.15, -0.1) is 0 Å². The molecular formula is C50H33NO. The summed E-state index contributed by atoms with van der Waals surface area (Å²) in [6, 6.07) is 59.4. The normalized spacial score (nSPS) is 13.3. The Morgan fingerprint density at radius 1 is 0.385 bits per heavy atom. The van der Waals surface area contributed by atoms with Crippen LogP contribution in [0.1, 0.15) is 25.0 Å². The van der Waals surface area contributed by atoms with Crippen molar-refractivity contribution in [2.75, 3.05) is 0 Å². The lowest BCUT2D eigenvalue weighted by molar-refractivity contribution is 0.655. The van der Waals surface area contributed by atoms with Crippen LogP contribution in [0.5, 0.6) is 0 Å². The molecule has 8 aromatic carbocycles. The Bertz CT molecular complexity index is 3070. The van der Waals surface area contributed by atoms with Crippen LogP contribution >= 0.6 is 0 Å². The maximum Gasteiger partial charge on any atom is 0.227 e. The monoisotopic (exact) mass is 663 g/mol. The van der Waals surface area contributed by atoms with Crippen molar-refractivity contribution in [3.63, 3.8) is 0 Å². The Labute approximate surface area is 301 Å². The molecule has 10 aromatic rings. The third kappa shape index (κ3) is 4.15. The lowest BCUT2D eigenvalue weighted by Gasteiger charge is -2.22. The average Bonchev–Trinajstić information content (AvgIpc) is 3.69. The number of para-hydroxylation sites is 1. The second kappa shape index (κ2) is 10.7. The number of pyridine rings is 1. The molecule has 0 unspecified atom stereocenters. The summed E-state index contributed by atoms with van der Waals surface area (Å²) < 4.78 is 6.67. The highest BCUT2D eigenvalue weighted by molar-refractivity contribution is 6.25. The maximum absolute atomic E-state index is 6.67. The van der Waals surface area contributed by atoms with E-state index in [1.165, 1.54) is 65.7 Å². The SMILES string of the molecule is CC1(C)c2ccccc2-c2ccc(-c3cccc(-c4cccc5c4oc4nc(-c6ccc7c8ccccc8c8ccccc8c7c6)ccc45)c3)cc21. The topological polar surface area (TPSA) is 26.0 Å². The molecule has 0 atom stereocenters. The van der Waals surface area contributed by atoms with Crippen LogP contribution in [0.4, 0.5) is 0 Å². The number of furan rings is 1. The molecule has 1 aliphatic carbocycles. The van der Waals surface area contributed by atoms with Crippen molar-refractivity contribution >= 4 is 54.4 Å². The van der Waals surface area contributed by atoms with Gasteiger partial charge in [-0.05, 0) is 102 Å². The zero-order valence-electron chi connectivity index (χ0n) is 28.9. The van der Waals surface area contributed by atoms with Gasteiger partial charge < -0.3 is 4.42 Å². The molecule has 2 nitrogen and oxygen atoms in total. The van der Waals surface area contributed by atoms with Crippen LogP contribution in [0.2, 0.25) is 0 Å². The molecule has 0 bridgehead atoms. The molecule has 52 heavy (non-hydrogen) atoms. The van der Waals surface area contributed by atoms with Crippen LogP contribution in [-0.4, -0.2) is 4.98 Å². The second-order valence-corrected chi connectivity index (χ2v) is 14.7. The molecule has 0 aliphatic heterocycles. The molecule has 0 amide bonds. The van der Waals surface area contributed by atoms with E-state index in [1.807, 2.05) is 0 Å². The van der Waals surface area contributed by atoms with Gasteiger partial charge in [0.15, 0.2) is 0 Å². The number of hydrogen-bond acceptors (Lipinski definition) is 2. The van der Waals surface area contributed by atoms with Crippen LogP contribution in [0, 0.1) is 0 Å². The molecule has 0 saturated carbocycles. The van der Waals surface area contributed by atoms with Crippen molar-refractivity contribution in [3.8, 4) is 44.6 Å². The van der Waals surface area contributed by atoms with Crippen molar-refractivity contribution in [1.29, 1.82) is 0 Å². The van der Waals surface area contributed by atoms with E-state index in [9.17, 15) is 0 Å². The van der Waals surface area contributed by atoms with Crippen LogP contribution in [0.25, 0.3) is 99.0 Å². The second-order valence-electron chi connectivity index (χ2n) is 14.7. The van der Waals surface area contributed by atoms with E-state index in [-0.39, 0.29) is 5.41 Å². The Kier molecular flexibility index (Phi) is 6.04. The summed E-state index contributed by atoms with van der Waals surface area (Å²) in [5, 5.41) is 9.66. The van der Waals surface area contributed by atoms with Crippen LogP contribution < -0.4 is 0 Å². The predicted octanol–water partition coefficient (Wildman–Crippen LogP) is 13.7. The molecule has 244 valence electrons. The highest BCUT2D eigenvalue weighted by Crippen LogP contribution is 2.49. The summed E-state index contributed by atoms with van der Waals surface area (Å²) in [4.78, 5) is 5.13. The Balaban J connectivity index is 1.01. The summed E-state index contributed by atoms with van der Waals surface area (Å²) in [5.41, 5.74) is 13.5. The Morgan fingerprint density at radius 3 is 1.77 bits per heavy atom. The fraction of sp³-hybridized carbons (Fsp3) is 0.0600. The fourth-order valence-electron chi connectivity index (χ4n) is 8.88. The lowest BCUT2D eigenvalue weighted by atomic mass is 9.81. The van der Waals surface area contributed by atoms with Crippen LogP contribution in [0.3, 0.4) is 0 Å². The number of nitrogens with zero attached hydrogens (tertiary/aromatic N) is 1. The third-order valence-corrected chi connectivity index (χ3v) is 11.5. The smallest absolute Gasteiger partial charge is 0.227 e. The highest BCUT2D eigenvalue weighted by atomic mass is 16.3. The van der Waals surface area contributed by atoms with Gasteiger partial charge in [-0.2, -0.15) is 0 Å². The molecule has 0 radical (unpaired) electrons. The number of rotatable bonds is 3. The van der Waals surface area contributed by atoms with Gasteiger partial charge in [0.2, 0.25) is 5.71 Å². The van der Waals surface area contributed by atoms with E-state index in [1.54, 1.807) is 0 Å². The highest BCUT2D eigenvalue weighted by Gasteiger charge is 2.35. The molecule has 1 aliphatic rings. The molecule has 0 fully saturated rings. The quantitative estimate of drug-likeness (QED) is 0.176. The molecule has 0 N–H and O–H groups in total. The van der Waals surface area contributed by atoms with E-state index < -0.39 is 0 Å². The molecule has 0 saturated heterocycles. The van der Waals surface area contributed by atoms with Gasteiger partial charge in [0.05, 0.1) is 5.69 Å². The minimum Gasteiger partial charge on any atom is -0.437 e. The Hall–Kier alpha value is -6.51. The van der Waals surface area contributed by atoms with Crippen molar-refractivity contribution in [2.24, 2.45) is 0 Å². The van der Waals surface area contributed by atoms with Gasteiger partial charge in [0.1, 0.15) is 5.58 Å².